The number of nitrogens with one attached hydrogen (secondary N) is 2. The molecule has 0 aliphatic carbocycles. The van der Waals surface area contributed by atoms with Gasteiger partial charge in [0.05, 0.1) is 17.1 Å². The Bertz CT molecular complexity index is 1360. The second kappa shape index (κ2) is 8.61. The first-order valence-corrected chi connectivity index (χ1v) is 11.4. The van der Waals surface area contributed by atoms with Gasteiger partial charge in [-0.05, 0) is 49.1 Å². The van der Waals surface area contributed by atoms with E-state index in [2.05, 4.69) is 15.2 Å². The SMILES string of the molecule is Cc1cccc2c1C1(CCN(C(=O)c3ccc4[nH]ncc4n3)CC1)C(=O)N2CC(=O)NCC(F)(F)F. The Balaban J connectivity index is 1.36. The number of benzene rings is 1. The molecule has 188 valence electrons. The Labute approximate surface area is 203 Å². The molecule has 1 saturated heterocycles. The van der Waals surface area contributed by atoms with Crippen LogP contribution in [-0.4, -0.2) is 70.2 Å². The van der Waals surface area contributed by atoms with E-state index < -0.39 is 30.6 Å². The highest BCUT2D eigenvalue weighted by molar-refractivity contribution is 6.11. The van der Waals surface area contributed by atoms with Gasteiger partial charge in [0.2, 0.25) is 11.8 Å². The number of pyridine rings is 1. The number of anilines is 1. The fraction of sp³-hybridized carbons (Fsp3) is 0.375. The van der Waals surface area contributed by atoms with Crippen LogP contribution in [0.15, 0.2) is 36.5 Å². The van der Waals surface area contributed by atoms with Crippen LogP contribution in [-0.2, 0) is 15.0 Å². The number of halogens is 3. The molecule has 2 aliphatic rings. The number of hydrogen-bond acceptors (Lipinski definition) is 5. The predicted octanol–water partition coefficient (Wildman–Crippen LogP) is 2.47. The first kappa shape index (κ1) is 23.8. The third kappa shape index (κ3) is 4.06. The van der Waals surface area contributed by atoms with Gasteiger partial charge in [0.15, 0.2) is 0 Å². The maximum Gasteiger partial charge on any atom is 0.405 e. The molecule has 0 bridgehead atoms. The number of nitrogens with zero attached hydrogens (tertiary/aromatic N) is 4. The Morgan fingerprint density at radius 1 is 1.17 bits per heavy atom. The minimum atomic E-state index is -4.54. The molecule has 3 amide bonds. The van der Waals surface area contributed by atoms with Gasteiger partial charge in [-0.25, -0.2) is 4.98 Å². The van der Waals surface area contributed by atoms with Crippen molar-refractivity contribution in [2.24, 2.45) is 0 Å². The molecule has 36 heavy (non-hydrogen) atoms. The van der Waals surface area contributed by atoms with Crippen molar-refractivity contribution in [3.05, 3.63) is 53.3 Å². The van der Waals surface area contributed by atoms with E-state index in [4.69, 9.17) is 0 Å². The Morgan fingerprint density at radius 2 is 1.92 bits per heavy atom. The van der Waals surface area contributed by atoms with Gasteiger partial charge < -0.3 is 15.1 Å². The zero-order valence-electron chi connectivity index (χ0n) is 19.4. The molecule has 1 fully saturated rings. The van der Waals surface area contributed by atoms with Crippen molar-refractivity contribution in [1.82, 2.24) is 25.4 Å². The van der Waals surface area contributed by atoms with Gasteiger partial charge in [0.1, 0.15) is 24.3 Å². The van der Waals surface area contributed by atoms with Crippen molar-refractivity contribution in [3.8, 4) is 0 Å². The van der Waals surface area contributed by atoms with E-state index in [1.54, 1.807) is 29.2 Å². The summed E-state index contributed by atoms with van der Waals surface area (Å²) in [5.74, 6) is -1.48. The zero-order valence-corrected chi connectivity index (χ0v) is 19.4. The number of carbonyl (C=O) groups is 3. The first-order valence-electron chi connectivity index (χ1n) is 11.4. The van der Waals surface area contributed by atoms with Crippen LogP contribution >= 0.6 is 0 Å². The number of amides is 3. The van der Waals surface area contributed by atoms with Crippen LogP contribution in [0.4, 0.5) is 18.9 Å². The van der Waals surface area contributed by atoms with Crippen LogP contribution in [0.2, 0.25) is 0 Å². The number of aromatic nitrogens is 3. The highest BCUT2D eigenvalue weighted by Crippen LogP contribution is 2.49. The maximum atomic E-state index is 13.7. The molecule has 3 aromatic rings. The highest BCUT2D eigenvalue weighted by atomic mass is 19.4. The van der Waals surface area contributed by atoms with Crippen molar-refractivity contribution in [2.75, 3.05) is 31.1 Å². The van der Waals surface area contributed by atoms with E-state index in [1.165, 1.54) is 11.1 Å². The molecule has 0 unspecified atom stereocenters. The Kier molecular flexibility index (Phi) is 5.68. The van der Waals surface area contributed by atoms with E-state index in [9.17, 15) is 27.6 Å². The van der Waals surface area contributed by atoms with Gasteiger partial charge >= 0.3 is 6.18 Å². The molecule has 0 atom stereocenters. The monoisotopic (exact) mass is 500 g/mol. The number of hydrogen-bond donors (Lipinski definition) is 2. The van der Waals surface area contributed by atoms with Crippen LogP contribution in [0.25, 0.3) is 11.0 Å². The second-order valence-electron chi connectivity index (χ2n) is 9.13. The lowest BCUT2D eigenvalue weighted by atomic mass is 9.72. The number of H-pyrrole nitrogens is 1. The van der Waals surface area contributed by atoms with E-state index in [1.807, 2.05) is 18.3 Å². The molecule has 2 N–H and O–H groups in total. The van der Waals surface area contributed by atoms with Crippen molar-refractivity contribution < 1.29 is 27.6 Å². The van der Waals surface area contributed by atoms with Crippen molar-refractivity contribution >= 4 is 34.4 Å². The van der Waals surface area contributed by atoms with Gasteiger partial charge in [-0.1, -0.05) is 12.1 Å². The molecule has 12 heteroatoms. The summed E-state index contributed by atoms with van der Waals surface area (Å²) in [7, 11) is 0. The fourth-order valence-electron chi connectivity index (χ4n) is 5.20. The number of alkyl halides is 3. The number of carbonyl (C=O) groups excluding carboxylic acids is 3. The number of aromatic amines is 1. The summed E-state index contributed by atoms with van der Waals surface area (Å²) in [5.41, 5.74) is 2.75. The van der Waals surface area contributed by atoms with E-state index >= 15 is 0 Å². The van der Waals surface area contributed by atoms with Crippen molar-refractivity contribution in [3.63, 3.8) is 0 Å². The molecule has 5 rings (SSSR count). The van der Waals surface area contributed by atoms with Crippen molar-refractivity contribution in [1.29, 1.82) is 0 Å². The van der Waals surface area contributed by atoms with Gasteiger partial charge in [-0.3, -0.25) is 19.5 Å². The van der Waals surface area contributed by atoms with Gasteiger partial charge in [0, 0.05) is 18.8 Å². The summed E-state index contributed by atoms with van der Waals surface area (Å²) < 4.78 is 37.6. The minimum Gasteiger partial charge on any atom is -0.345 e. The van der Waals surface area contributed by atoms with E-state index in [0.717, 1.165) is 11.1 Å². The molecular formula is C24H23F3N6O3. The first-order chi connectivity index (χ1) is 17.1. The third-order valence-electron chi connectivity index (χ3n) is 6.88. The molecule has 0 radical (unpaired) electrons. The summed E-state index contributed by atoms with van der Waals surface area (Å²) in [4.78, 5) is 46.3. The molecule has 9 nitrogen and oxygen atoms in total. The van der Waals surface area contributed by atoms with Crippen LogP contribution in [0, 0.1) is 6.92 Å². The van der Waals surface area contributed by atoms with Crippen LogP contribution < -0.4 is 10.2 Å². The molecule has 2 aliphatic heterocycles. The lowest BCUT2D eigenvalue weighted by molar-refractivity contribution is -0.138. The largest absolute Gasteiger partial charge is 0.405 e. The fourth-order valence-corrected chi connectivity index (χ4v) is 5.20. The standard InChI is InChI=1S/C24H23F3N6O3/c1-14-3-2-4-18-20(14)23(22(36)33(18)12-19(34)28-13-24(25,26)27)7-9-32(10-8-23)21(35)16-6-5-15-17(30-16)11-29-31-15/h2-6,11H,7-10,12-13H2,1H3,(H,28,34)(H,29,31). The summed E-state index contributed by atoms with van der Waals surface area (Å²) in [6.07, 6.45) is -2.36. The quantitative estimate of drug-likeness (QED) is 0.572. The maximum absolute atomic E-state index is 13.7. The van der Waals surface area contributed by atoms with E-state index in [0.29, 0.717) is 29.6 Å². The number of piperidine rings is 1. The highest BCUT2D eigenvalue weighted by Gasteiger charge is 2.53. The molecule has 0 saturated carbocycles. The third-order valence-corrected chi connectivity index (χ3v) is 6.88. The van der Waals surface area contributed by atoms with Crippen LogP contribution in [0.3, 0.4) is 0 Å². The topological polar surface area (TPSA) is 111 Å². The molecule has 1 aromatic carbocycles. The molecular weight excluding hydrogens is 477 g/mol. The minimum absolute atomic E-state index is 0.258. The van der Waals surface area contributed by atoms with Gasteiger partial charge in [0.25, 0.3) is 5.91 Å². The zero-order chi connectivity index (χ0) is 25.7. The van der Waals surface area contributed by atoms with Gasteiger partial charge in [-0.2, -0.15) is 18.3 Å². The normalized spacial score (nSPS) is 17.1. The average Bonchev–Trinajstić information content (AvgIpc) is 3.40. The molecule has 2 aromatic heterocycles. The summed E-state index contributed by atoms with van der Waals surface area (Å²) in [5, 5.41) is 8.53. The molecule has 4 heterocycles. The summed E-state index contributed by atoms with van der Waals surface area (Å²) >= 11 is 0. The van der Waals surface area contributed by atoms with Gasteiger partial charge in [-0.15, -0.1) is 0 Å². The average molecular weight is 500 g/mol. The second-order valence-corrected chi connectivity index (χ2v) is 9.13. The summed E-state index contributed by atoms with van der Waals surface area (Å²) in [6.45, 7) is 0.470. The van der Waals surface area contributed by atoms with Crippen LogP contribution in [0.5, 0.6) is 0 Å². The Morgan fingerprint density at radius 3 is 2.64 bits per heavy atom. The predicted molar refractivity (Wildman–Crippen MR) is 123 cm³/mol. The molecule has 1 spiro atoms. The lowest BCUT2D eigenvalue weighted by Gasteiger charge is -2.39. The number of fused-ring (bicyclic) bond motifs is 3. The summed E-state index contributed by atoms with van der Waals surface area (Å²) in [6, 6.07) is 8.66. The number of likely N-dealkylation sites (tertiary alicyclic amines) is 1. The number of aryl methyl sites for hydroxylation is 1. The lowest BCUT2D eigenvalue weighted by Crippen LogP contribution is -2.51. The Hall–Kier alpha value is -3.96. The number of rotatable bonds is 4. The van der Waals surface area contributed by atoms with E-state index in [-0.39, 0.29) is 30.6 Å². The van der Waals surface area contributed by atoms with Crippen molar-refractivity contribution in [2.45, 2.75) is 31.4 Å². The van der Waals surface area contributed by atoms with Crippen LogP contribution in [0.1, 0.15) is 34.5 Å². The smallest absolute Gasteiger partial charge is 0.345 e.